The highest BCUT2D eigenvalue weighted by molar-refractivity contribution is 9.10. The lowest BCUT2D eigenvalue weighted by molar-refractivity contribution is 0.597. The first-order valence-electron chi connectivity index (χ1n) is 5.69. The third kappa shape index (κ3) is 1.99. The van der Waals surface area contributed by atoms with Gasteiger partial charge in [-0.2, -0.15) is 0 Å². The Labute approximate surface area is 103 Å². The van der Waals surface area contributed by atoms with Gasteiger partial charge in [0, 0.05) is 23.5 Å². The number of nitrogens with zero attached hydrogens (tertiary/aromatic N) is 1. The van der Waals surface area contributed by atoms with E-state index < -0.39 is 0 Å². The molecule has 4 heteroatoms. The van der Waals surface area contributed by atoms with Gasteiger partial charge in [-0.05, 0) is 53.5 Å². The monoisotopic (exact) mass is 279 g/mol. The van der Waals surface area contributed by atoms with Gasteiger partial charge in [0.05, 0.1) is 0 Å². The summed E-state index contributed by atoms with van der Waals surface area (Å²) in [6.45, 7) is 1.16. The molecule has 16 heavy (non-hydrogen) atoms. The Bertz CT molecular complexity index is 500. The summed E-state index contributed by atoms with van der Waals surface area (Å²) >= 11 is 3.39. The summed E-state index contributed by atoms with van der Waals surface area (Å²) in [5.74, 6) is 0. The first-order chi connectivity index (χ1) is 7.81. The summed E-state index contributed by atoms with van der Waals surface area (Å²) in [5.41, 5.74) is 2.25. The van der Waals surface area contributed by atoms with Crippen molar-refractivity contribution in [2.45, 2.75) is 25.3 Å². The van der Waals surface area contributed by atoms with Crippen LogP contribution < -0.4 is 5.32 Å². The first kappa shape index (κ1) is 10.3. The van der Waals surface area contributed by atoms with Gasteiger partial charge in [-0.15, -0.1) is 0 Å². The van der Waals surface area contributed by atoms with E-state index in [1.54, 1.807) is 0 Å². The van der Waals surface area contributed by atoms with Crippen molar-refractivity contribution in [3.63, 3.8) is 0 Å². The molecule has 3 rings (SSSR count). The standard InChI is InChI=1S/C12H14BrN3/c13-11-4-3-8-6-10(15-12(8)16-11)7-9-2-1-5-14-9/h3-4,6,9,14H,1-2,5,7H2,(H,15,16)/t9-/m0/s1. The molecular weight excluding hydrogens is 266 g/mol. The molecule has 1 fully saturated rings. The van der Waals surface area contributed by atoms with Gasteiger partial charge in [-0.25, -0.2) is 4.98 Å². The fourth-order valence-electron chi connectivity index (χ4n) is 2.34. The number of aromatic nitrogens is 2. The number of aromatic amines is 1. The highest BCUT2D eigenvalue weighted by Gasteiger charge is 2.15. The van der Waals surface area contributed by atoms with Crippen molar-refractivity contribution < 1.29 is 0 Å². The van der Waals surface area contributed by atoms with Gasteiger partial charge < -0.3 is 10.3 Å². The molecule has 0 aliphatic carbocycles. The SMILES string of the molecule is Brc1ccc2cc(C[C@@H]3CCCN3)[nH]c2n1. The molecule has 0 spiro atoms. The number of halogens is 1. The fraction of sp³-hybridized carbons (Fsp3) is 0.417. The van der Waals surface area contributed by atoms with Crippen LogP contribution in [0.3, 0.4) is 0 Å². The highest BCUT2D eigenvalue weighted by atomic mass is 79.9. The number of hydrogen-bond donors (Lipinski definition) is 2. The Morgan fingerprint density at radius 1 is 1.44 bits per heavy atom. The Hall–Kier alpha value is -0.870. The molecule has 3 nitrogen and oxygen atoms in total. The van der Waals surface area contributed by atoms with E-state index in [9.17, 15) is 0 Å². The molecule has 2 aromatic heterocycles. The second kappa shape index (κ2) is 4.18. The first-order valence-corrected chi connectivity index (χ1v) is 6.48. The van der Waals surface area contributed by atoms with Crippen molar-refractivity contribution in [3.05, 3.63) is 28.5 Å². The number of fused-ring (bicyclic) bond motifs is 1. The van der Waals surface area contributed by atoms with Crippen molar-refractivity contribution in [3.8, 4) is 0 Å². The molecule has 1 atom stereocenters. The summed E-state index contributed by atoms with van der Waals surface area (Å²) < 4.78 is 0.882. The minimum Gasteiger partial charge on any atom is -0.343 e. The molecule has 1 aliphatic heterocycles. The lowest BCUT2D eigenvalue weighted by atomic mass is 10.1. The number of hydrogen-bond acceptors (Lipinski definition) is 2. The topological polar surface area (TPSA) is 40.7 Å². The zero-order chi connectivity index (χ0) is 11.0. The molecule has 0 radical (unpaired) electrons. The Morgan fingerprint density at radius 2 is 2.38 bits per heavy atom. The molecule has 0 unspecified atom stereocenters. The fourth-order valence-corrected chi connectivity index (χ4v) is 2.65. The van der Waals surface area contributed by atoms with Crippen LogP contribution in [0, 0.1) is 0 Å². The summed E-state index contributed by atoms with van der Waals surface area (Å²) in [5, 5.41) is 4.70. The van der Waals surface area contributed by atoms with Crippen LogP contribution in [-0.4, -0.2) is 22.6 Å². The van der Waals surface area contributed by atoms with E-state index in [1.165, 1.54) is 23.9 Å². The molecule has 1 aliphatic rings. The quantitative estimate of drug-likeness (QED) is 0.830. The van der Waals surface area contributed by atoms with Gasteiger partial charge in [0.25, 0.3) is 0 Å². The van der Waals surface area contributed by atoms with Gasteiger partial charge in [0.1, 0.15) is 10.3 Å². The number of pyridine rings is 1. The lowest BCUT2D eigenvalue weighted by Crippen LogP contribution is -2.23. The van der Waals surface area contributed by atoms with Crippen LogP contribution in [0.5, 0.6) is 0 Å². The van der Waals surface area contributed by atoms with Crippen LogP contribution in [0.25, 0.3) is 11.0 Å². The van der Waals surface area contributed by atoms with E-state index >= 15 is 0 Å². The predicted octanol–water partition coefficient (Wildman–Crippen LogP) is 2.62. The minimum absolute atomic E-state index is 0.636. The molecule has 2 N–H and O–H groups in total. The summed E-state index contributed by atoms with van der Waals surface area (Å²) in [7, 11) is 0. The molecule has 0 saturated carbocycles. The van der Waals surface area contributed by atoms with Crippen LogP contribution in [-0.2, 0) is 6.42 Å². The largest absolute Gasteiger partial charge is 0.343 e. The average Bonchev–Trinajstić information content (AvgIpc) is 2.86. The molecule has 3 heterocycles. The van der Waals surface area contributed by atoms with E-state index in [4.69, 9.17) is 0 Å². The maximum Gasteiger partial charge on any atom is 0.138 e. The maximum absolute atomic E-state index is 4.41. The zero-order valence-electron chi connectivity index (χ0n) is 8.96. The third-order valence-electron chi connectivity index (χ3n) is 3.13. The van der Waals surface area contributed by atoms with Crippen LogP contribution in [0.2, 0.25) is 0 Å². The lowest BCUT2D eigenvalue weighted by Gasteiger charge is -2.07. The number of nitrogens with one attached hydrogen (secondary N) is 2. The summed E-state index contributed by atoms with van der Waals surface area (Å²) in [6.07, 6.45) is 3.66. The van der Waals surface area contributed by atoms with E-state index in [0.717, 1.165) is 23.2 Å². The van der Waals surface area contributed by atoms with Gasteiger partial charge in [0.2, 0.25) is 0 Å². The van der Waals surface area contributed by atoms with Crippen molar-refractivity contribution in [2.75, 3.05) is 6.54 Å². The van der Waals surface area contributed by atoms with Crippen molar-refractivity contribution in [2.24, 2.45) is 0 Å². The maximum atomic E-state index is 4.41. The Balaban J connectivity index is 1.86. The third-order valence-corrected chi connectivity index (χ3v) is 3.57. The van der Waals surface area contributed by atoms with E-state index in [2.05, 4.69) is 43.3 Å². The number of rotatable bonds is 2. The molecule has 0 bridgehead atoms. The minimum atomic E-state index is 0.636. The molecule has 0 amide bonds. The Morgan fingerprint density at radius 3 is 3.19 bits per heavy atom. The van der Waals surface area contributed by atoms with Crippen LogP contribution in [0.15, 0.2) is 22.8 Å². The normalized spacial score (nSPS) is 20.7. The molecule has 84 valence electrons. The molecular formula is C12H14BrN3. The van der Waals surface area contributed by atoms with E-state index in [1.807, 2.05) is 6.07 Å². The molecule has 1 saturated heterocycles. The van der Waals surface area contributed by atoms with E-state index in [0.29, 0.717) is 6.04 Å². The van der Waals surface area contributed by atoms with Gasteiger partial charge in [0.15, 0.2) is 0 Å². The summed E-state index contributed by atoms with van der Waals surface area (Å²) in [4.78, 5) is 7.79. The summed E-state index contributed by atoms with van der Waals surface area (Å²) in [6, 6.07) is 6.91. The smallest absolute Gasteiger partial charge is 0.138 e. The molecule has 2 aromatic rings. The number of H-pyrrole nitrogens is 1. The van der Waals surface area contributed by atoms with Gasteiger partial charge in [-0.1, -0.05) is 0 Å². The average molecular weight is 280 g/mol. The second-order valence-corrected chi connectivity index (χ2v) is 5.18. The van der Waals surface area contributed by atoms with Crippen molar-refractivity contribution in [1.29, 1.82) is 0 Å². The zero-order valence-corrected chi connectivity index (χ0v) is 10.5. The predicted molar refractivity (Wildman–Crippen MR) is 68.5 cm³/mol. The van der Waals surface area contributed by atoms with Gasteiger partial charge >= 0.3 is 0 Å². The van der Waals surface area contributed by atoms with Crippen LogP contribution in [0.1, 0.15) is 18.5 Å². The highest BCUT2D eigenvalue weighted by Crippen LogP contribution is 2.19. The van der Waals surface area contributed by atoms with Gasteiger partial charge in [-0.3, -0.25) is 0 Å². The second-order valence-electron chi connectivity index (χ2n) is 4.36. The van der Waals surface area contributed by atoms with Crippen molar-refractivity contribution in [1.82, 2.24) is 15.3 Å². The van der Waals surface area contributed by atoms with E-state index in [-0.39, 0.29) is 0 Å². The van der Waals surface area contributed by atoms with Crippen LogP contribution in [0.4, 0.5) is 0 Å². The van der Waals surface area contributed by atoms with Crippen molar-refractivity contribution >= 4 is 27.0 Å². The van der Waals surface area contributed by atoms with Crippen LogP contribution >= 0.6 is 15.9 Å². The molecule has 0 aromatic carbocycles. The Kier molecular flexibility index (Phi) is 2.69.